The predicted octanol–water partition coefficient (Wildman–Crippen LogP) is 1.99. The van der Waals surface area contributed by atoms with Crippen molar-refractivity contribution in [2.24, 2.45) is 5.92 Å². The lowest BCUT2D eigenvalue weighted by Crippen LogP contribution is -2.40. The molecule has 0 aliphatic rings. The molecule has 2 heteroatoms. The van der Waals surface area contributed by atoms with Crippen LogP contribution >= 0.6 is 0 Å². The Labute approximate surface area is 75.7 Å². The van der Waals surface area contributed by atoms with Crippen LogP contribution in [0.4, 0.5) is 0 Å². The van der Waals surface area contributed by atoms with Gasteiger partial charge in [-0.05, 0) is 34.1 Å². The molecule has 0 aromatic rings. The molecule has 1 N–H and O–H groups in total. The average Bonchev–Trinajstić information content (AvgIpc) is 1.85. The van der Waals surface area contributed by atoms with Gasteiger partial charge in [0.25, 0.3) is 0 Å². The molecule has 0 aliphatic carbocycles. The van der Waals surface area contributed by atoms with Crippen LogP contribution in [0.5, 0.6) is 0 Å². The molecule has 0 radical (unpaired) electrons. The first-order chi connectivity index (χ1) is 5.37. The molecular weight excluding hydrogens is 150 g/mol. The quantitative estimate of drug-likeness (QED) is 0.701. The van der Waals surface area contributed by atoms with E-state index in [0.29, 0.717) is 0 Å². The first kappa shape index (κ1) is 11.6. The fourth-order valence-corrected chi connectivity index (χ4v) is 1.00. The molecule has 0 rings (SSSR count). The Hall–Kier alpha value is -0.370. The van der Waals surface area contributed by atoms with Crippen molar-refractivity contribution in [1.29, 1.82) is 0 Å². The Morgan fingerprint density at radius 3 is 2.17 bits per heavy atom. The zero-order chi connectivity index (χ0) is 9.78. The summed E-state index contributed by atoms with van der Waals surface area (Å²) in [6, 6.07) is 0. The lowest BCUT2D eigenvalue weighted by atomic mass is 10.0. The van der Waals surface area contributed by atoms with Crippen LogP contribution in [-0.2, 0) is 4.79 Å². The largest absolute Gasteiger partial charge is 0.311 e. The van der Waals surface area contributed by atoms with Gasteiger partial charge in [0.05, 0.1) is 0 Å². The summed E-state index contributed by atoms with van der Waals surface area (Å²) < 4.78 is 0. The maximum Gasteiger partial charge on any atom is 0.134 e. The number of hydrogen-bond donors (Lipinski definition) is 1. The molecule has 0 saturated carbocycles. The van der Waals surface area contributed by atoms with E-state index in [9.17, 15) is 4.79 Å². The standard InChI is InChI=1S/C10H21NO/c1-6-9(8(2)12)7-11-10(3,4)5/h9,11H,6-7H2,1-5H3. The first-order valence-corrected chi connectivity index (χ1v) is 4.62. The van der Waals surface area contributed by atoms with Crippen molar-refractivity contribution in [2.45, 2.75) is 46.6 Å². The highest BCUT2D eigenvalue weighted by molar-refractivity contribution is 5.78. The second-order valence-electron chi connectivity index (χ2n) is 4.35. The Kier molecular flexibility index (Phi) is 4.46. The van der Waals surface area contributed by atoms with Crippen LogP contribution in [0.2, 0.25) is 0 Å². The average molecular weight is 171 g/mol. The van der Waals surface area contributed by atoms with Crippen molar-refractivity contribution in [3.63, 3.8) is 0 Å². The number of Topliss-reactive ketones (excluding diaryl/α,β-unsaturated/α-hetero) is 1. The maximum absolute atomic E-state index is 11.1. The molecule has 0 saturated heterocycles. The number of carbonyl (C=O) groups excluding carboxylic acids is 1. The molecule has 1 atom stereocenters. The van der Waals surface area contributed by atoms with E-state index in [0.717, 1.165) is 13.0 Å². The van der Waals surface area contributed by atoms with Crippen molar-refractivity contribution in [2.75, 3.05) is 6.54 Å². The third-order valence-electron chi connectivity index (χ3n) is 1.95. The lowest BCUT2D eigenvalue weighted by Gasteiger charge is -2.23. The second-order valence-corrected chi connectivity index (χ2v) is 4.35. The summed E-state index contributed by atoms with van der Waals surface area (Å²) in [6.07, 6.45) is 0.929. The van der Waals surface area contributed by atoms with Crippen molar-refractivity contribution >= 4 is 5.78 Å². The normalized spacial score (nSPS) is 14.4. The zero-order valence-corrected chi connectivity index (χ0v) is 8.90. The van der Waals surface area contributed by atoms with Gasteiger partial charge in [-0.15, -0.1) is 0 Å². The van der Waals surface area contributed by atoms with Gasteiger partial charge in [-0.1, -0.05) is 6.92 Å². The molecule has 0 bridgehead atoms. The number of ketones is 1. The van der Waals surface area contributed by atoms with Gasteiger partial charge in [0.2, 0.25) is 0 Å². The number of carbonyl (C=O) groups is 1. The summed E-state index contributed by atoms with van der Waals surface area (Å²) in [7, 11) is 0. The van der Waals surface area contributed by atoms with E-state index in [1.165, 1.54) is 0 Å². The van der Waals surface area contributed by atoms with Gasteiger partial charge in [0, 0.05) is 18.0 Å². The van der Waals surface area contributed by atoms with E-state index in [2.05, 4.69) is 33.0 Å². The maximum atomic E-state index is 11.1. The van der Waals surface area contributed by atoms with E-state index in [-0.39, 0.29) is 17.2 Å². The lowest BCUT2D eigenvalue weighted by molar-refractivity contribution is -0.120. The van der Waals surface area contributed by atoms with Gasteiger partial charge in [-0.2, -0.15) is 0 Å². The van der Waals surface area contributed by atoms with Crippen LogP contribution in [0.25, 0.3) is 0 Å². The Balaban J connectivity index is 3.81. The third kappa shape index (κ3) is 5.30. The minimum atomic E-state index is 0.114. The van der Waals surface area contributed by atoms with E-state index < -0.39 is 0 Å². The zero-order valence-electron chi connectivity index (χ0n) is 8.90. The van der Waals surface area contributed by atoms with Gasteiger partial charge in [-0.3, -0.25) is 4.79 Å². The molecule has 12 heavy (non-hydrogen) atoms. The van der Waals surface area contributed by atoms with Crippen LogP contribution < -0.4 is 5.32 Å². The fraction of sp³-hybridized carbons (Fsp3) is 0.900. The van der Waals surface area contributed by atoms with Crippen LogP contribution in [0.1, 0.15) is 41.0 Å². The van der Waals surface area contributed by atoms with E-state index >= 15 is 0 Å². The Morgan fingerprint density at radius 2 is 1.92 bits per heavy atom. The fourth-order valence-electron chi connectivity index (χ4n) is 1.00. The Morgan fingerprint density at radius 1 is 1.42 bits per heavy atom. The highest BCUT2D eigenvalue weighted by atomic mass is 16.1. The van der Waals surface area contributed by atoms with Crippen molar-refractivity contribution in [1.82, 2.24) is 5.32 Å². The molecule has 0 fully saturated rings. The minimum absolute atomic E-state index is 0.114. The van der Waals surface area contributed by atoms with Crippen molar-refractivity contribution < 1.29 is 4.79 Å². The summed E-state index contributed by atoms with van der Waals surface area (Å²) in [5.41, 5.74) is 0.114. The molecule has 1 unspecified atom stereocenters. The minimum Gasteiger partial charge on any atom is -0.311 e. The summed E-state index contributed by atoms with van der Waals surface area (Å²) in [5, 5.41) is 3.33. The molecule has 2 nitrogen and oxygen atoms in total. The highest BCUT2D eigenvalue weighted by Gasteiger charge is 2.15. The van der Waals surface area contributed by atoms with Gasteiger partial charge in [0.1, 0.15) is 5.78 Å². The monoisotopic (exact) mass is 171 g/mol. The number of nitrogens with one attached hydrogen (secondary N) is 1. The number of rotatable bonds is 4. The van der Waals surface area contributed by atoms with Gasteiger partial charge >= 0.3 is 0 Å². The van der Waals surface area contributed by atoms with Crippen LogP contribution in [-0.4, -0.2) is 17.9 Å². The summed E-state index contributed by atoms with van der Waals surface area (Å²) in [4.78, 5) is 11.1. The van der Waals surface area contributed by atoms with Gasteiger partial charge in [0.15, 0.2) is 0 Å². The second kappa shape index (κ2) is 4.61. The molecular formula is C10H21NO. The van der Waals surface area contributed by atoms with E-state index in [1.807, 2.05) is 0 Å². The van der Waals surface area contributed by atoms with Gasteiger partial charge in [-0.25, -0.2) is 0 Å². The smallest absolute Gasteiger partial charge is 0.134 e. The summed E-state index contributed by atoms with van der Waals surface area (Å²) in [5.74, 6) is 0.471. The van der Waals surface area contributed by atoms with Gasteiger partial charge < -0.3 is 5.32 Å². The highest BCUT2D eigenvalue weighted by Crippen LogP contribution is 2.05. The van der Waals surface area contributed by atoms with Crippen LogP contribution in [0, 0.1) is 5.92 Å². The van der Waals surface area contributed by atoms with Crippen LogP contribution in [0.15, 0.2) is 0 Å². The molecule has 0 spiro atoms. The summed E-state index contributed by atoms with van der Waals surface area (Å²) in [6.45, 7) is 10.9. The molecule has 0 aliphatic heterocycles. The van der Waals surface area contributed by atoms with Crippen molar-refractivity contribution in [3.8, 4) is 0 Å². The first-order valence-electron chi connectivity index (χ1n) is 4.62. The molecule has 0 amide bonds. The Bertz CT molecular complexity index is 146. The molecule has 0 aromatic heterocycles. The molecule has 0 heterocycles. The predicted molar refractivity (Wildman–Crippen MR) is 52.2 cm³/mol. The van der Waals surface area contributed by atoms with Crippen LogP contribution in [0.3, 0.4) is 0 Å². The SMILES string of the molecule is CCC(CNC(C)(C)C)C(C)=O. The topological polar surface area (TPSA) is 29.1 Å². The third-order valence-corrected chi connectivity index (χ3v) is 1.95. The number of hydrogen-bond acceptors (Lipinski definition) is 2. The summed E-state index contributed by atoms with van der Waals surface area (Å²) >= 11 is 0. The van der Waals surface area contributed by atoms with E-state index in [4.69, 9.17) is 0 Å². The molecule has 0 aromatic carbocycles. The van der Waals surface area contributed by atoms with Crippen molar-refractivity contribution in [3.05, 3.63) is 0 Å². The molecule has 72 valence electrons. The van der Waals surface area contributed by atoms with E-state index in [1.54, 1.807) is 6.92 Å².